The molecule has 0 radical (unpaired) electrons. The molecule has 4 rings (SSSR count). The predicted octanol–water partition coefficient (Wildman–Crippen LogP) is 2.89. The molecule has 2 aromatic carbocycles. The summed E-state index contributed by atoms with van der Waals surface area (Å²) in [5, 5.41) is 11.6. The highest BCUT2D eigenvalue weighted by Gasteiger charge is 2.21. The summed E-state index contributed by atoms with van der Waals surface area (Å²) in [6, 6.07) is 8.09. The number of ether oxygens (including phenoxy) is 1. The second-order valence-corrected chi connectivity index (χ2v) is 7.43. The summed E-state index contributed by atoms with van der Waals surface area (Å²) in [6.45, 7) is 3.63. The van der Waals surface area contributed by atoms with Gasteiger partial charge in [-0.1, -0.05) is 29.3 Å². The van der Waals surface area contributed by atoms with Gasteiger partial charge in [0.2, 0.25) is 5.43 Å². The van der Waals surface area contributed by atoms with Crippen LogP contribution in [0, 0.1) is 0 Å². The maximum atomic E-state index is 13.1. The molecule has 140 valence electrons. The quantitative estimate of drug-likeness (QED) is 0.701. The van der Waals surface area contributed by atoms with Crippen LogP contribution in [0.25, 0.3) is 22.1 Å². The van der Waals surface area contributed by atoms with Crippen LogP contribution in [-0.2, 0) is 11.3 Å². The zero-order valence-corrected chi connectivity index (χ0v) is 15.9. The number of halogens is 2. The van der Waals surface area contributed by atoms with Crippen LogP contribution < -0.4 is 10.3 Å². The Labute approximate surface area is 165 Å². The largest absolute Gasteiger partial charge is 0.507 e. The minimum absolute atomic E-state index is 0.127. The van der Waals surface area contributed by atoms with E-state index in [9.17, 15) is 9.90 Å². The smallest absolute Gasteiger partial charge is 0.200 e. The Morgan fingerprint density at radius 3 is 2.59 bits per heavy atom. The summed E-state index contributed by atoms with van der Waals surface area (Å²) in [6.07, 6.45) is 1.40. The van der Waals surface area contributed by atoms with Crippen molar-refractivity contribution in [3.8, 4) is 16.9 Å². The van der Waals surface area contributed by atoms with Gasteiger partial charge in [-0.05, 0) is 24.3 Å². The number of hydrogen-bond acceptors (Lipinski definition) is 4. The fourth-order valence-electron chi connectivity index (χ4n) is 3.40. The molecule has 0 unspecified atom stereocenters. The molecule has 5 nitrogen and oxygen atoms in total. The average molecular weight is 407 g/mol. The highest BCUT2D eigenvalue weighted by molar-refractivity contribution is 6.36. The topological polar surface area (TPSA) is 64.1 Å². The van der Waals surface area contributed by atoms with Crippen molar-refractivity contribution in [1.82, 2.24) is 0 Å². The van der Waals surface area contributed by atoms with Gasteiger partial charge in [0.15, 0.2) is 0 Å². The minimum atomic E-state index is -0.196. The number of aromatic hydroxyl groups is 1. The second kappa shape index (κ2) is 7.52. The van der Waals surface area contributed by atoms with Crippen molar-refractivity contribution in [2.75, 3.05) is 26.3 Å². The highest BCUT2D eigenvalue weighted by atomic mass is 35.5. The van der Waals surface area contributed by atoms with E-state index in [-0.39, 0.29) is 11.2 Å². The number of phenols is 1. The number of benzene rings is 2. The summed E-state index contributed by atoms with van der Waals surface area (Å²) < 4.78 is 11.2. The first-order valence-electron chi connectivity index (χ1n) is 8.67. The molecule has 3 aromatic rings. The molecule has 2 heterocycles. The molecule has 1 fully saturated rings. The number of phenolic OH excluding ortho intramolecular Hbond substituents is 1. The fourth-order valence-corrected chi connectivity index (χ4v) is 3.91. The first kappa shape index (κ1) is 18.3. The molecular weight excluding hydrogens is 389 g/mol. The van der Waals surface area contributed by atoms with Crippen molar-refractivity contribution in [2.45, 2.75) is 6.54 Å². The zero-order chi connectivity index (χ0) is 19.0. The molecule has 1 aliphatic heterocycles. The predicted molar refractivity (Wildman–Crippen MR) is 105 cm³/mol. The van der Waals surface area contributed by atoms with Crippen LogP contribution in [0.2, 0.25) is 10.0 Å². The van der Waals surface area contributed by atoms with Gasteiger partial charge in [0.25, 0.3) is 0 Å². The van der Waals surface area contributed by atoms with E-state index in [2.05, 4.69) is 0 Å². The maximum absolute atomic E-state index is 13.1. The minimum Gasteiger partial charge on any atom is -0.507 e. The Kier molecular flexibility index (Phi) is 5.10. The number of morpholine rings is 1. The molecule has 0 bridgehead atoms. The van der Waals surface area contributed by atoms with Gasteiger partial charge < -0.3 is 19.2 Å². The third-order valence-electron chi connectivity index (χ3n) is 4.87. The van der Waals surface area contributed by atoms with Crippen molar-refractivity contribution < 1.29 is 19.2 Å². The lowest BCUT2D eigenvalue weighted by atomic mass is 10.0. The van der Waals surface area contributed by atoms with Crippen LogP contribution >= 0.6 is 23.2 Å². The monoisotopic (exact) mass is 406 g/mol. The molecule has 2 N–H and O–H groups in total. The van der Waals surface area contributed by atoms with E-state index < -0.39 is 0 Å². The third-order valence-corrected chi connectivity index (χ3v) is 5.42. The molecule has 0 saturated carbocycles. The van der Waals surface area contributed by atoms with Gasteiger partial charge in [0.05, 0.1) is 34.7 Å². The van der Waals surface area contributed by atoms with E-state index in [1.54, 1.807) is 30.3 Å². The molecular formula is C20H18Cl2NO4+. The Morgan fingerprint density at radius 2 is 1.85 bits per heavy atom. The SMILES string of the molecule is O=c1c(-c2ccc(Cl)cc2Cl)coc2c(C[NH+]3CCOCC3)c(O)ccc12. The number of hydrogen-bond donors (Lipinski definition) is 2. The van der Waals surface area contributed by atoms with Crippen molar-refractivity contribution in [3.05, 3.63) is 62.4 Å². The van der Waals surface area contributed by atoms with Crippen LogP contribution in [0.4, 0.5) is 0 Å². The Bertz CT molecular complexity index is 1060. The summed E-state index contributed by atoms with van der Waals surface area (Å²) in [5.41, 5.74) is 1.77. The number of nitrogens with one attached hydrogen (secondary N) is 1. The molecule has 0 spiro atoms. The molecule has 0 amide bonds. The van der Waals surface area contributed by atoms with Crippen molar-refractivity contribution in [1.29, 1.82) is 0 Å². The Morgan fingerprint density at radius 1 is 1.07 bits per heavy atom. The van der Waals surface area contributed by atoms with Crippen molar-refractivity contribution >= 4 is 34.2 Å². The molecule has 1 saturated heterocycles. The van der Waals surface area contributed by atoms with E-state index in [1.165, 1.54) is 11.2 Å². The van der Waals surface area contributed by atoms with Gasteiger partial charge in [-0.3, -0.25) is 4.79 Å². The normalized spacial score (nSPS) is 15.3. The van der Waals surface area contributed by atoms with Gasteiger partial charge >= 0.3 is 0 Å². The standard InChI is InChI=1S/C20H17Cl2NO4/c21-12-1-2-13(17(22)9-12)16-11-27-20-14(19(16)25)3-4-18(24)15(20)10-23-5-7-26-8-6-23/h1-4,9,11,24H,5-8,10H2/p+1. The van der Waals surface area contributed by atoms with Crippen molar-refractivity contribution in [2.24, 2.45) is 0 Å². The van der Waals surface area contributed by atoms with Gasteiger partial charge in [-0.15, -0.1) is 0 Å². The lowest BCUT2D eigenvalue weighted by molar-refractivity contribution is -0.921. The van der Waals surface area contributed by atoms with E-state index in [4.69, 9.17) is 32.4 Å². The van der Waals surface area contributed by atoms with Gasteiger partial charge in [-0.2, -0.15) is 0 Å². The summed E-state index contributed by atoms with van der Waals surface area (Å²) in [5.74, 6) is 0.127. The highest BCUT2D eigenvalue weighted by Crippen LogP contribution is 2.31. The van der Waals surface area contributed by atoms with E-state index in [0.29, 0.717) is 57.5 Å². The summed E-state index contributed by atoms with van der Waals surface area (Å²) >= 11 is 12.2. The number of fused-ring (bicyclic) bond motifs is 1. The lowest BCUT2D eigenvalue weighted by Gasteiger charge is -2.24. The first-order chi connectivity index (χ1) is 13.0. The Balaban J connectivity index is 1.82. The lowest BCUT2D eigenvalue weighted by Crippen LogP contribution is -3.12. The first-order valence-corrected chi connectivity index (χ1v) is 9.43. The maximum Gasteiger partial charge on any atom is 0.200 e. The average Bonchev–Trinajstić information content (AvgIpc) is 2.66. The van der Waals surface area contributed by atoms with E-state index >= 15 is 0 Å². The van der Waals surface area contributed by atoms with Crippen LogP contribution in [0.15, 0.2) is 45.8 Å². The van der Waals surface area contributed by atoms with E-state index in [1.807, 2.05) is 0 Å². The van der Waals surface area contributed by atoms with Crippen LogP contribution in [-0.4, -0.2) is 31.4 Å². The molecule has 0 aliphatic carbocycles. The second-order valence-electron chi connectivity index (χ2n) is 6.58. The molecule has 0 atom stereocenters. The third kappa shape index (κ3) is 3.56. The van der Waals surface area contributed by atoms with Gasteiger partial charge in [0, 0.05) is 10.6 Å². The number of quaternary nitrogens is 1. The fraction of sp³-hybridized carbons (Fsp3) is 0.250. The van der Waals surface area contributed by atoms with Crippen LogP contribution in [0.5, 0.6) is 5.75 Å². The molecule has 7 heteroatoms. The summed E-state index contributed by atoms with van der Waals surface area (Å²) in [7, 11) is 0. The molecule has 1 aliphatic rings. The van der Waals surface area contributed by atoms with Crippen LogP contribution in [0.1, 0.15) is 5.56 Å². The van der Waals surface area contributed by atoms with Crippen LogP contribution in [0.3, 0.4) is 0 Å². The van der Waals surface area contributed by atoms with E-state index in [0.717, 1.165) is 13.1 Å². The Hall–Kier alpha value is -2.05. The zero-order valence-electron chi connectivity index (χ0n) is 14.4. The van der Waals surface area contributed by atoms with Gasteiger partial charge in [0.1, 0.15) is 37.2 Å². The molecule has 27 heavy (non-hydrogen) atoms. The number of rotatable bonds is 3. The van der Waals surface area contributed by atoms with Crippen molar-refractivity contribution in [3.63, 3.8) is 0 Å². The van der Waals surface area contributed by atoms with Gasteiger partial charge in [-0.25, -0.2) is 0 Å². The molecule has 1 aromatic heterocycles. The summed E-state index contributed by atoms with van der Waals surface area (Å²) in [4.78, 5) is 14.3.